The minimum atomic E-state index is -0.180. The predicted molar refractivity (Wildman–Crippen MR) is 107 cm³/mol. The number of aromatic nitrogens is 2. The van der Waals surface area contributed by atoms with E-state index in [4.69, 9.17) is 11.6 Å². The molecular weight excluding hydrogens is 346 g/mol. The van der Waals surface area contributed by atoms with Crippen LogP contribution in [0.4, 0.5) is 0 Å². The van der Waals surface area contributed by atoms with Gasteiger partial charge >= 0.3 is 0 Å². The summed E-state index contributed by atoms with van der Waals surface area (Å²) in [5.74, 6) is -0.180. The Kier molecular flexibility index (Phi) is 7.10. The second-order valence-electron chi connectivity index (χ2n) is 6.12. The average molecular weight is 370 g/mol. The molecule has 26 heavy (non-hydrogen) atoms. The van der Waals surface area contributed by atoms with Crippen LogP contribution in [0.25, 0.3) is 0 Å². The topological polar surface area (TPSA) is 54.9 Å². The number of pyridine rings is 2. The van der Waals surface area contributed by atoms with E-state index in [0.717, 1.165) is 29.8 Å². The number of amides is 1. The molecule has 0 saturated carbocycles. The van der Waals surface area contributed by atoms with Crippen LogP contribution in [0.15, 0.2) is 43.6 Å². The normalized spacial score (nSPS) is 10.4. The first kappa shape index (κ1) is 19.9. The molecule has 2 heterocycles. The minimum absolute atomic E-state index is 0.180. The van der Waals surface area contributed by atoms with Crippen LogP contribution in [0.5, 0.6) is 0 Å². The molecule has 2 aromatic rings. The van der Waals surface area contributed by atoms with Gasteiger partial charge in [-0.1, -0.05) is 23.8 Å². The van der Waals surface area contributed by atoms with E-state index in [1.807, 2.05) is 19.9 Å². The molecule has 0 aliphatic rings. The van der Waals surface area contributed by atoms with Crippen molar-refractivity contribution in [1.82, 2.24) is 15.3 Å². The average Bonchev–Trinajstić information content (AvgIpc) is 2.60. The van der Waals surface area contributed by atoms with E-state index in [-0.39, 0.29) is 5.91 Å². The van der Waals surface area contributed by atoms with Crippen LogP contribution in [-0.2, 0) is 19.4 Å². The van der Waals surface area contributed by atoms with Gasteiger partial charge < -0.3 is 5.32 Å². The van der Waals surface area contributed by atoms with Crippen LogP contribution in [0, 0.1) is 13.8 Å². The molecular formula is C21H24ClN3O. The summed E-state index contributed by atoms with van der Waals surface area (Å²) >= 11 is 6.14. The quantitative estimate of drug-likeness (QED) is 0.549. The van der Waals surface area contributed by atoms with Crippen molar-refractivity contribution in [2.75, 3.05) is 0 Å². The van der Waals surface area contributed by atoms with Crippen LogP contribution in [-0.4, -0.2) is 15.9 Å². The van der Waals surface area contributed by atoms with E-state index in [9.17, 15) is 4.79 Å². The first-order valence-electron chi connectivity index (χ1n) is 8.57. The summed E-state index contributed by atoms with van der Waals surface area (Å²) in [5.41, 5.74) is 5.36. The second kappa shape index (κ2) is 9.30. The maximum atomic E-state index is 12.7. The Bertz CT molecular complexity index is 830. The lowest BCUT2D eigenvalue weighted by molar-refractivity contribution is 0.0950. The van der Waals surface area contributed by atoms with Crippen LogP contribution in [0.1, 0.15) is 44.9 Å². The van der Waals surface area contributed by atoms with Gasteiger partial charge in [0.2, 0.25) is 0 Å². The number of rotatable bonds is 8. The van der Waals surface area contributed by atoms with Gasteiger partial charge in [0.25, 0.3) is 5.91 Å². The van der Waals surface area contributed by atoms with Crippen molar-refractivity contribution in [2.24, 2.45) is 0 Å². The van der Waals surface area contributed by atoms with Crippen molar-refractivity contribution in [3.8, 4) is 0 Å². The number of nitrogens with one attached hydrogen (secondary N) is 1. The van der Waals surface area contributed by atoms with Crippen molar-refractivity contribution in [3.63, 3.8) is 0 Å². The zero-order valence-corrected chi connectivity index (χ0v) is 16.1. The third-order valence-electron chi connectivity index (χ3n) is 4.19. The first-order chi connectivity index (χ1) is 12.5. The highest BCUT2D eigenvalue weighted by Crippen LogP contribution is 2.20. The van der Waals surface area contributed by atoms with Gasteiger partial charge in [-0.2, -0.15) is 0 Å². The zero-order valence-electron chi connectivity index (χ0n) is 15.3. The van der Waals surface area contributed by atoms with Gasteiger partial charge in [-0.15, -0.1) is 13.2 Å². The maximum Gasteiger partial charge on any atom is 0.252 e. The molecule has 0 aliphatic heterocycles. The molecule has 0 aliphatic carbocycles. The minimum Gasteiger partial charge on any atom is -0.348 e. The van der Waals surface area contributed by atoms with E-state index in [2.05, 4.69) is 34.5 Å². The Labute approximate surface area is 160 Å². The molecule has 0 aromatic carbocycles. The molecule has 0 bridgehead atoms. The molecule has 0 saturated heterocycles. The van der Waals surface area contributed by atoms with Gasteiger partial charge in [-0.25, -0.2) is 4.98 Å². The summed E-state index contributed by atoms with van der Waals surface area (Å²) in [6.07, 6.45) is 7.40. The Hall–Kier alpha value is -2.46. The second-order valence-corrected chi connectivity index (χ2v) is 6.48. The molecule has 0 radical (unpaired) electrons. The molecule has 0 fully saturated rings. The molecule has 1 amide bonds. The number of hydrogen-bond acceptors (Lipinski definition) is 3. The van der Waals surface area contributed by atoms with Gasteiger partial charge in [0.1, 0.15) is 5.15 Å². The van der Waals surface area contributed by atoms with E-state index < -0.39 is 0 Å². The van der Waals surface area contributed by atoms with Gasteiger partial charge in [-0.05, 0) is 56.4 Å². The zero-order chi connectivity index (χ0) is 19.1. The van der Waals surface area contributed by atoms with Crippen LogP contribution >= 0.6 is 11.6 Å². The maximum absolute atomic E-state index is 12.7. The standard InChI is InChI=1S/C21H24ClN3O/c1-5-7-9-16-12-14(3)25-15(4)19(16)13-24-21(26)18-10-11-23-20(22)17(18)8-6-2/h5-6,10-12H,1-2,7-9,13H2,3-4H3,(H,24,26). The Morgan fingerprint density at radius 1 is 1.27 bits per heavy atom. The highest BCUT2D eigenvalue weighted by molar-refractivity contribution is 6.30. The van der Waals surface area contributed by atoms with E-state index >= 15 is 0 Å². The third kappa shape index (κ3) is 4.79. The summed E-state index contributed by atoms with van der Waals surface area (Å²) < 4.78 is 0. The molecule has 4 nitrogen and oxygen atoms in total. The van der Waals surface area contributed by atoms with Gasteiger partial charge in [-0.3, -0.25) is 9.78 Å². The fourth-order valence-corrected chi connectivity index (χ4v) is 3.18. The molecule has 2 rings (SSSR count). The lowest BCUT2D eigenvalue weighted by Gasteiger charge is -2.15. The summed E-state index contributed by atoms with van der Waals surface area (Å²) in [6, 6.07) is 3.75. The van der Waals surface area contributed by atoms with Gasteiger partial charge in [0.05, 0.1) is 0 Å². The Balaban J connectivity index is 2.24. The Morgan fingerprint density at radius 3 is 2.73 bits per heavy atom. The molecule has 0 atom stereocenters. The van der Waals surface area contributed by atoms with Crippen LogP contribution < -0.4 is 5.32 Å². The molecule has 5 heteroatoms. The summed E-state index contributed by atoms with van der Waals surface area (Å²) in [6.45, 7) is 11.9. The van der Waals surface area contributed by atoms with E-state index in [1.165, 1.54) is 11.8 Å². The van der Waals surface area contributed by atoms with Crippen LogP contribution in [0.2, 0.25) is 5.15 Å². The van der Waals surface area contributed by atoms with Gasteiger partial charge in [0, 0.05) is 35.3 Å². The van der Waals surface area contributed by atoms with Crippen molar-refractivity contribution in [2.45, 2.75) is 39.7 Å². The van der Waals surface area contributed by atoms with Crippen molar-refractivity contribution in [3.05, 3.63) is 82.4 Å². The lowest BCUT2D eigenvalue weighted by atomic mass is 10.0. The molecule has 0 spiro atoms. The van der Waals surface area contributed by atoms with E-state index in [0.29, 0.717) is 29.2 Å². The van der Waals surface area contributed by atoms with Crippen molar-refractivity contribution >= 4 is 17.5 Å². The largest absolute Gasteiger partial charge is 0.348 e. The fourth-order valence-electron chi connectivity index (χ4n) is 2.94. The molecule has 136 valence electrons. The number of nitrogens with zero attached hydrogens (tertiary/aromatic N) is 2. The molecule has 1 N–H and O–H groups in total. The number of halogens is 1. The lowest BCUT2D eigenvalue weighted by Crippen LogP contribution is -2.25. The first-order valence-corrected chi connectivity index (χ1v) is 8.95. The van der Waals surface area contributed by atoms with E-state index in [1.54, 1.807) is 12.1 Å². The Morgan fingerprint density at radius 2 is 2.04 bits per heavy atom. The number of carbonyl (C=O) groups excluding carboxylic acids is 1. The fraction of sp³-hybridized carbons (Fsp3) is 0.286. The number of aryl methyl sites for hydroxylation is 3. The van der Waals surface area contributed by atoms with Crippen LogP contribution in [0.3, 0.4) is 0 Å². The molecule has 2 aromatic heterocycles. The SMILES string of the molecule is C=CCCc1cc(C)nc(C)c1CNC(=O)c1ccnc(Cl)c1CC=C. The summed E-state index contributed by atoms with van der Waals surface area (Å²) in [4.78, 5) is 21.3. The number of hydrogen-bond donors (Lipinski definition) is 1. The van der Waals surface area contributed by atoms with Gasteiger partial charge in [0.15, 0.2) is 0 Å². The van der Waals surface area contributed by atoms with Crippen molar-refractivity contribution < 1.29 is 4.79 Å². The molecule has 0 unspecified atom stereocenters. The smallest absolute Gasteiger partial charge is 0.252 e. The third-order valence-corrected chi connectivity index (χ3v) is 4.52. The summed E-state index contributed by atoms with van der Waals surface area (Å²) in [5, 5.41) is 3.32. The number of allylic oxidation sites excluding steroid dienone is 2. The van der Waals surface area contributed by atoms with Crippen molar-refractivity contribution in [1.29, 1.82) is 0 Å². The highest BCUT2D eigenvalue weighted by atomic mass is 35.5. The summed E-state index contributed by atoms with van der Waals surface area (Å²) in [7, 11) is 0. The monoisotopic (exact) mass is 369 g/mol. The predicted octanol–water partition coefficient (Wildman–Crippen LogP) is 4.52. The number of carbonyl (C=O) groups is 1. The highest BCUT2D eigenvalue weighted by Gasteiger charge is 2.15.